The SMILES string of the molecule is Nc1cccc(S(=O)(=O)N(C[C@@H](O)[C@H](Cc2ccccc2)NC(=O)OC2COCCO2)OC2CCCC2)c1. The van der Waals surface area contributed by atoms with Crippen molar-refractivity contribution in [2.24, 2.45) is 0 Å². The fraction of sp³-hybridized carbons (Fsp3) is 0.500. The van der Waals surface area contributed by atoms with E-state index < -0.39 is 41.1 Å². The molecule has 1 aliphatic heterocycles. The quantitative estimate of drug-likeness (QED) is 0.283. The van der Waals surface area contributed by atoms with Crippen molar-refractivity contribution in [2.45, 2.75) is 61.5 Å². The lowest BCUT2D eigenvalue weighted by atomic mass is 10.0. The normalized spacial score (nSPS) is 20.2. The molecular formula is C26H35N3O8S. The van der Waals surface area contributed by atoms with Crippen LogP contribution in [0.15, 0.2) is 59.5 Å². The number of ether oxygens (including phenoxy) is 3. The van der Waals surface area contributed by atoms with E-state index >= 15 is 0 Å². The third kappa shape index (κ3) is 7.88. The van der Waals surface area contributed by atoms with Gasteiger partial charge in [-0.2, -0.15) is 0 Å². The molecule has 1 unspecified atom stereocenters. The molecule has 0 bridgehead atoms. The lowest BCUT2D eigenvalue weighted by Gasteiger charge is -2.31. The van der Waals surface area contributed by atoms with Gasteiger partial charge in [0, 0.05) is 5.69 Å². The van der Waals surface area contributed by atoms with Crippen molar-refractivity contribution in [3.63, 3.8) is 0 Å². The van der Waals surface area contributed by atoms with Crippen LogP contribution >= 0.6 is 0 Å². The molecule has 2 aromatic carbocycles. The van der Waals surface area contributed by atoms with Gasteiger partial charge in [0.25, 0.3) is 10.0 Å². The Morgan fingerprint density at radius 1 is 1.13 bits per heavy atom. The molecule has 12 heteroatoms. The second kappa shape index (κ2) is 13.4. The number of nitrogens with zero attached hydrogens (tertiary/aromatic N) is 1. The van der Waals surface area contributed by atoms with Gasteiger partial charge < -0.3 is 30.4 Å². The number of benzene rings is 2. The molecule has 208 valence electrons. The maximum atomic E-state index is 13.6. The molecule has 1 heterocycles. The number of nitrogens with two attached hydrogens (primary N) is 1. The molecule has 0 spiro atoms. The Morgan fingerprint density at radius 2 is 1.89 bits per heavy atom. The van der Waals surface area contributed by atoms with Crippen molar-refractivity contribution in [1.82, 2.24) is 9.79 Å². The molecular weight excluding hydrogens is 514 g/mol. The zero-order chi connectivity index (χ0) is 27.0. The number of rotatable bonds is 11. The van der Waals surface area contributed by atoms with Gasteiger partial charge >= 0.3 is 6.09 Å². The second-order valence-electron chi connectivity index (χ2n) is 9.36. The number of aliphatic hydroxyl groups is 1. The van der Waals surface area contributed by atoms with Gasteiger partial charge in [0.15, 0.2) is 0 Å². The minimum atomic E-state index is -4.17. The van der Waals surface area contributed by atoms with Crippen molar-refractivity contribution in [1.29, 1.82) is 0 Å². The molecule has 1 saturated heterocycles. The summed E-state index contributed by atoms with van der Waals surface area (Å²) in [6.07, 6.45) is 0.157. The van der Waals surface area contributed by atoms with E-state index in [0.29, 0.717) is 26.1 Å². The first-order valence-corrected chi connectivity index (χ1v) is 14.2. The van der Waals surface area contributed by atoms with E-state index in [0.717, 1.165) is 22.9 Å². The topological polar surface area (TPSA) is 150 Å². The fourth-order valence-corrected chi connectivity index (χ4v) is 5.78. The Balaban J connectivity index is 1.53. The van der Waals surface area contributed by atoms with Crippen LogP contribution in [0.3, 0.4) is 0 Å². The number of nitrogen functional groups attached to an aromatic ring is 1. The zero-order valence-electron chi connectivity index (χ0n) is 21.1. The lowest BCUT2D eigenvalue weighted by molar-refractivity contribution is -0.185. The molecule has 0 radical (unpaired) electrons. The number of anilines is 1. The molecule has 0 aromatic heterocycles. The van der Waals surface area contributed by atoms with Crippen LogP contribution in [0.4, 0.5) is 10.5 Å². The molecule has 4 rings (SSSR count). The summed E-state index contributed by atoms with van der Waals surface area (Å²) in [6, 6.07) is 14.2. The number of alkyl carbamates (subject to hydrolysis) is 1. The minimum absolute atomic E-state index is 0.0517. The van der Waals surface area contributed by atoms with Crippen molar-refractivity contribution >= 4 is 21.8 Å². The van der Waals surface area contributed by atoms with Crippen LogP contribution < -0.4 is 11.1 Å². The molecule has 38 heavy (non-hydrogen) atoms. The van der Waals surface area contributed by atoms with Gasteiger partial charge in [-0.1, -0.05) is 53.7 Å². The van der Waals surface area contributed by atoms with E-state index in [1.165, 1.54) is 12.1 Å². The molecule has 1 aliphatic carbocycles. The van der Waals surface area contributed by atoms with Crippen LogP contribution in [-0.2, 0) is 35.5 Å². The monoisotopic (exact) mass is 549 g/mol. The van der Waals surface area contributed by atoms with E-state index in [2.05, 4.69) is 5.32 Å². The first-order chi connectivity index (χ1) is 18.3. The van der Waals surface area contributed by atoms with E-state index in [9.17, 15) is 18.3 Å². The van der Waals surface area contributed by atoms with E-state index in [4.69, 9.17) is 24.8 Å². The van der Waals surface area contributed by atoms with E-state index in [1.54, 1.807) is 12.1 Å². The van der Waals surface area contributed by atoms with E-state index in [-0.39, 0.29) is 29.7 Å². The summed E-state index contributed by atoms with van der Waals surface area (Å²) in [5.41, 5.74) is 6.95. The maximum Gasteiger partial charge on any atom is 0.409 e. The van der Waals surface area contributed by atoms with Gasteiger partial charge in [0.2, 0.25) is 6.29 Å². The van der Waals surface area contributed by atoms with Crippen molar-refractivity contribution in [3.8, 4) is 0 Å². The Hall–Kier alpha value is -2.74. The first-order valence-electron chi connectivity index (χ1n) is 12.7. The molecule has 1 amide bonds. The number of nitrogens with one attached hydrogen (secondary N) is 1. The molecule has 4 N–H and O–H groups in total. The summed E-state index contributed by atoms with van der Waals surface area (Å²) in [6.45, 7) is 0.383. The standard InChI is InChI=1S/C26H35N3O8S/c27-20-9-6-12-22(16-20)38(32,33)29(37-21-10-4-5-11-21)17-24(30)23(15-19-7-2-1-3-8-19)28-26(31)36-25-18-34-13-14-35-25/h1-3,6-9,12,16,21,23-25,30H,4-5,10-11,13-15,17-18,27H2,(H,28,31)/t23-,24+,25?/m0/s1. The number of carbonyl (C=O) groups excluding carboxylic acids is 1. The van der Waals surface area contributed by atoms with Gasteiger partial charge in [-0.3, -0.25) is 4.84 Å². The summed E-state index contributed by atoms with van der Waals surface area (Å²) >= 11 is 0. The summed E-state index contributed by atoms with van der Waals surface area (Å²) in [5.74, 6) is 0. The van der Waals surface area contributed by atoms with Gasteiger partial charge in [-0.25, -0.2) is 13.2 Å². The van der Waals surface area contributed by atoms with Crippen molar-refractivity contribution in [2.75, 3.05) is 32.1 Å². The molecule has 2 aliphatic rings. The average Bonchev–Trinajstić information content (AvgIpc) is 3.42. The van der Waals surface area contributed by atoms with Crippen LogP contribution in [0.2, 0.25) is 0 Å². The Labute approximate surface area is 222 Å². The van der Waals surface area contributed by atoms with Crippen LogP contribution in [0.1, 0.15) is 31.2 Å². The van der Waals surface area contributed by atoms with Crippen LogP contribution in [0.25, 0.3) is 0 Å². The number of sulfonamides is 1. The molecule has 11 nitrogen and oxygen atoms in total. The molecule has 3 atom stereocenters. The van der Waals surface area contributed by atoms with Crippen LogP contribution in [0, 0.1) is 0 Å². The largest absolute Gasteiger partial charge is 0.417 e. The van der Waals surface area contributed by atoms with Gasteiger partial charge in [0.1, 0.15) is 6.61 Å². The summed E-state index contributed by atoms with van der Waals surface area (Å²) in [5, 5.41) is 14.0. The predicted molar refractivity (Wildman–Crippen MR) is 138 cm³/mol. The highest BCUT2D eigenvalue weighted by molar-refractivity contribution is 7.89. The Kier molecular flexibility index (Phi) is 9.94. The molecule has 2 fully saturated rings. The molecule has 2 aromatic rings. The predicted octanol–water partition coefficient (Wildman–Crippen LogP) is 2.20. The number of amides is 1. The van der Waals surface area contributed by atoms with Gasteiger partial charge in [-0.05, 0) is 43.0 Å². The van der Waals surface area contributed by atoms with Crippen LogP contribution in [-0.4, -0.2) is 75.0 Å². The van der Waals surface area contributed by atoms with Crippen molar-refractivity contribution < 1.29 is 37.4 Å². The number of hydrogen-bond donors (Lipinski definition) is 3. The number of aliphatic hydroxyl groups excluding tert-OH is 1. The number of hydroxylamine groups is 1. The average molecular weight is 550 g/mol. The summed E-state index contributed by atoms with van der Waals surface area (Å²) in [7, 11) is -4.17. The van der Waals surface area contributed by atoms with Gasteiger partial charge in [-0.15, -0.1) is 0 Å². The zero-order valence-corrected chi connectivity index (χ0v) is 21.9. The highest BCUT2D eigenvalue weighted by atomic mass is 32.2. The summed E-state index contributed by atoms with van der Waals surface area (Å²) < 4.78 is 43.9. The Morgan fingerprint density at radius 3 is 2.58 bits per heavy atom. The number of hydrogen-bond acceptors (Lipinski definition) is 9. The summed E-state index contributed by atoms with van der Waals surface area (Å²) in [4.78, 5) is 18.6. The van der Waals surface area contributed by atoms with Gasteiger partial charge in [0.05, 0.1) is 42.9 Å². The Bertz CT molecular complexity index is 1140. The lowest BCUT2D eigenvalue weighted by Crippen LogP contribution is -2.52. The second-order valence-corrected chi connectivity index (χ2v) is 11.2. The van der Waals surface area contributed by atoms with Crippen molar-refractivity contribution in [3.05, 3.63) is 60.2 Å². The van der Waals surface area contributed by atoms with E-state index in [1.807, 2.05) is 30.3 Å². The smallest absolute Gasteiger partial charge is 0.409 e. The minimum Gasteiger partial charge on any atom is -0.417 e. The molecule has 1 saturated carbocycles. The fourth-order valence-electron chi connectivity index (χ4n) is 4.42. The third-order valence-electron chi connectivity index (χ3n) is 6.42. The van der Waals surface area contributed by atoms with Crippen LogP contribution in [0.5, 0.6) is 0 Å². The maximum absolute atomic E-state index is 13.6. The first kappa shape index (κ1) is 28.3. The third-order valence-corrected chi connectivity index (χ3v) is 8.04. The highest BCUT2D eigenvalue weighted by Gasteiger charge is 2.35. The number of carbonyl (C=O) groups is 1. The highest BCUT2D eigenvalue weighted by Crippen LogP contribution is 2.26.